The Kier molecular flexibility index (Phi) is 22.6. The predicted octanol–water partition coefficient (Wildman–Crippen LogP) is 23.3. The van der Waals surface area contributed by atoms with Gasteiger partial charge in [0.15, 0.2) is 12.7 Å². The zero-order valence-corrected chi connectivity index (χ0v) is 62.3. The average molecular weight is 1690 g/mol. The second kappa shape index (κ2) is 33.3. The first-order valence-corrected chi connectivity index (χ1v) is 34.3. The van der Waals surface area contributed by atoms with Gasteiger partial charge in [0.25, 0.3) is 0 Å². The van der Waals surface area contributed by atoms with E-state index < -0.39 is 0 Å². The van der Waals surface area contributed by atoms with Gasteiger partial charge in [-0.05, 0) is 133 Å². The van der Waals surface area contributed by atoms with Gasteiger partial charge in [-0.1, -0.05) is 188 Å². The van der Waals surface area contributed by atoms with Crippen molar-refractivity contribution in [2.24, 2.45) is 0 Å². The number of aromatic nitrogens is 6. The summed E-state index contributed by atoms with van der Waals surface area (Å²) in [6, 6.07) is 121. The fourth-order valence-corrected chi connectivity index (χ4v) is 13.5. The summed E-state index contributed by atoms with van der Waals surface area (Å²) in [5.41, 5.74) is 24.1. The van der Waals surface area contributed by atoms with Gasteiger partial charge in [0, 0.05) is 116 Å². The fraction of sp³-hybridized carbons (Fsp3) is 0.0417. The smallest absolute Gasteiger partial charge is 0.213 e. The molecule has 12 aromatic carbocycles. The van der Waals surface area contributed by atoms with Crippen LogP contribution >= 0.6 is 0 Å². The summed E-state index contributed by atoms with van der Waals surface area (Å²) in [5.74, 6) is 0. The molecule has 6 aromatic heterocycles. The third kappa shape index (κ3) is 15.6. The standard InChI is InChI=1S/C29H19N2.C23H18N.C22H16N.2C11H8N.2Ir/c1-19-15-28(20-9-3-2-4-10-20)30-18-27(19)21-16-26-24-13-6-5-11-22(24)23-12-7-8-14-25(23)29(26)31-17-21;1-16-13-23-20-11-5-3-8-18(20)14-24(23)15-22(16)21-12-6-9-17-7-2-4-10-19(17)21;1-16-14-22(18-9-3-2-4-10-18)23-15-21(16)20-13-7-11-17-8-5-6-12-19(17)20;2*1-2-6-10(7-3-1)11-8-4-5-9-12-11;;/h2-9,11-18H,1H3;2-13,15H,14H2,1H3;2-9,11-15H,1H3;2*1-6,8-9H;;/q-1;+1;3*-1;;. The number of benzene rings is 12. The van der Waals surface area contributed by atoms with Crippen molar-refractivity contribution in [2.75, 3.05) is 0 Å². The maximum atomic E-state index is 4.92. The normalized spacial score (nSPS) is 10.8. The van der Waals surface area contributed by atoms with Crippen LogP contribution in [0.2, 0.25) is 0 Å². The monoisotopic (exact) mass is 1690 g/mol. The third-order valence-electron chi connectivity index (χ3n) is 18.5. The van der Waals surface area contributed by atoms with E-state index in [1.165, 1.54) is 104 Å². The van der Waals surface area contributed by atoms with Crippen molar-refractivity contribution in [3.63, 3.8) is 0 Å². The Bertz CT molecular complexity index is 5750. The van der Waals surface area contributed by atoms with Crippen LogP contribution in [-0.4, -0.2) is 24.9 Å². The molecule has 504 valence electrons. The minimum atomic E-state index is 0. The number of hydrogen-bond donors (Lipinski definition) is 0. The molecule has 0 atom stereocenters. The molecule has 0 bridgehead atoms. The number of aryl methyl sites for hydroxylation is 3. The van der Waals surface area contributed by atoms with Gasteiger partial charge < -0.3 is 19.9 Å². The minimum Gasteiger partial charge on any atom is -0.305 e. The van der Waals surface area contributed by atoms with Gasteiger partial charge in [0.1, 0.15) is 0 Å². The topological polar surface area (TPSA) is 68.3 Å². The Morgan fingerprint density at radius 2 is 0.692 bits per heavy atom. The zero-order chi connectivity index (χ0) is 69.0. The average Bonchev–Trinajstić information content (AvgIpc) is 0.887. The molecule has 0 N–H and O–H groups in total. The number of pyridine rings is 6. The van der Waals surface area contributed by atoms with E-state index in [1.807, 2.05) is 152 Å². The molecule has 2 radical (unpaired) electrons. The maximum absolute atomic E-state index is 4.92. The van der Waals surface area contributed by atoms with Crippen molar-refractivity contribution in [1.82, 2.24) is 24.9 Å². The van der Waals surface area contributed by atoms with Crippen molar-refractivity contribution >= 4 is 54.0 Å². The van der Waals surface area contributed by atoms with Crippen molar-refractivity contribution in [2.45, 2.75) is 27.3 Å². The summed E-state index contributed by atoms with van der Waals surface area (Å²) < 4.78 is 2.38. The number of rotatable bonds is 7. The van der Waals surface area contributed by atoms with Crippen LogP contribution in [0.4, 0.5) is 0 Å². The minimum absolute atomic E-state index is 0. The molecule has 1 aliphatic heterocycles. The van der Waals surface area contributed by atoms with Crippen LogP contribution in [0.15, 0.2) is 353 Å². The maximum Gasteiger partial charge on any atom is 0.213 e. The van der Waals surface area contributed by atoms with E-state index in [4.69, 9.17) is 9.97 Å². The molecule has 1 aliphatic rings. The summed E-state index contributed by atoms with van der Waals surface area (Å²) in [4.78, 5) is 22.7. The molecule has 0 spiro atoms. The molecule has 104 heavy (non-hydrogen) atoms. The van der Waals surface area contributed by atoms with Crippen LogP contribution in [-0.2, 0) is 46.8 Å². The third-order valence-corrected chi connectivity index (χ3v) is 18.5. The summed E-state index contributed by atoms with van der Waals surface area (Å²) in [6.45, 7) is 7.46. The summed E-state index contributed by atoms with van der Waals surface area (Å²) in [7, 11) is 0. The van der Waals surface area contributed by atoms with Crippen molar-refractivity contribution in [3.05, 3.63) is 399 Å². The fourth-order valence-electron chi connectivity index (χ4n) is 13.5. The van der Waals surface area contributed by atoms with Crippen molar-refractivity contribution in [1.29, 1.82) is 0 Å². The number of hydrogen-bond acceptors (Lipinski definition) is 5. The molecular weight excluding hydrogens is 1620 g/mol. The van der Waals surface area contributed by atoms with Gasteiger partial charge in [-0.3, -0.25) is 4.98 Å². The quantitative estimate of drug-likeness (QED) is 0.0904. The Morgan fingerprint density at radius 3 is 1.19 bits per heavy atom. The number of nitrogens with zero attached hydrogens (tertiary/aromatic N) is 6. The van der Waals surface area contributed by atoms with Crippen LogP contribution in [0, 0.1) is 45.0 Å². The van der Waals surface area contributed by atoms with Crippen LogP contribution in [0.25, 0.3) is 144 Å². The zero-order valence-electron chi connectivity index (χ0n) is 57.5. The molecule has 0 saturated carbocycles. The Morgan fingerprint density at radius 1 is 0.288 bits per heavy atom. The Balaban J connectivity index is 0.000000120. The summed E-state index contributed by atoms with van der Waals surface area (Å²) in [6.07, 6.45) is 11.8. The summed E-state index contributed by atoms with van der Waals surface area (Å²) >= 11 is 0. The van der Waals surface area contributed by atoms with Gasteiger partial charge in [-0.15, -0.1) is 144 Å². The van der Waals surface area contributed by atoms with E-state index in [9.17, 15) is 0 Å². The molecule has 8 heteroatoms. The van der Waals surface area contributed by atoms with E-state index >= 15 is 0 Å². The molecule has 19 rings (SSSR count). The van der Waals surface area contributed by atoms with E-state index in [2.05, 4.69) is 253 Å². The molecule has 0 fully saturated rings. The predicted molar refractivity (Wildman–Crippen MR) is 421 cm³/mol. The number of fused-ring (bicyclic) bond motifs is 11. The van der Waals surface area contributed by atoms with Crippen molar-refractivity contribution < 1.29 is 44.8 Å². The van der Waals surface area contributed by atoms with Gasteiger partial charge >= 0.3 is 0 Å². The summed E-state index contributed by atoms with van der Waals surface area (Å²) in [5, 5.41) is 11.2. The van der Waals surface area contributed by atoms with Gasteiger partial charge in [-0.2, -0.15) is 4.57 Å². The van der Waals surface area contributed by atoms with Crippen molar-refractivity contribution in [3.8, 4) is 89.7 Å². The van der Waals surface area contributed by atoms with Gasteiger partial charge in [0.2, 0.25) is 5.69 Å². The second-order valence-corrected chi connectivity index (χ2v) is 25.1. The van der Waals surface area contributed by atoms with Crippen LogP contribution in [0.1, 0.15) is 22.3 Å². The SMILES string of the molecule is Cc1cc(-c2[c-]cccc2)ncc1-c1cccc2ccccc12.Cc1cc(-c2[c-]cccc2)ncc1-c1cnc2c3ccccc3c3ccccc3c2c1.Cc1cc2[n+](cc1-c1cccc3ccccc13)Cc1ccccc1-2.[Ir].[Ir].[c-]1ccccc1-c1ccccn1.[c-]1ccccc1-c1ccccn1. The molecular formula is C96H69Ir2N6-3. The molecule has 18 aromatic rings. The van der Waals surface area contributed by atoms with Crippen LogP contribution < -0.4 is 4.57 Å². The molecule has 0 saturated heterocycles. The van der Waals surface area contributed by atoms with Crippen LogP contribution in [0.5, 0.6) is 0 Å². The van der Waals surface area contributed by atoms with Crippen LogP contribution in [0.3, 0.4) is 0 Å². The van der Waals surface area contributed by atoms with Gasteiger partial charge in [-0.25, -0.2) is 0 Å². The first kappa shape index (κ1) is 70.6. The second-order valence-electron chi connectivity index (χ2n) is 25.1. The molecule has 0 unspecified atom stereocenters. The molecule has 0 amide bonds. The van der Waals surface area contributed by atoms with Gasteiger partial charge in [0.05, 0.1) is 11.1 Å². The first-order chi connectivity index (χ1) is 50.4. The molecule has 0 aliphatic carbocycles. The van der Waals surface area contributed by atoms with E-state index in [-0.39, 0.29) is 40.2 Å². The largest absolute Gasteiger partial charge is 0.305 e. The van der Waals surface area contributed by atoms with E-state index in [1.54, 1.807) is 12.4 Å². The van der Waals surface area contributed by atoms with E-state index in [0.717, 1.165) is 68.2 Å². The molecule has 6 nitrogen and oxygen atoms in total. The molecule has 7 heterocycles. The Hall–Kier alpha value is -11.9. The Labute approximate surface area is 634 Å². The van der Waals surface area contributed by atoms with E-state index in [0.29, 0.717) is 0 Å². The first-order valence-electron chi connectivity index (χ1n) is 34.3.